The highest BCUT2D eigenvalue weighted by Gasteiger charge is 1.92. The number of rotatable bonds is 2. The van der Waals surface area contributed by atoms with Gasteiger partial charge in [-0.1, -0.05) is 12.1 Å². The molecule has 0 aliphatic rings. The molecule has 56 valence electrons. The topological polar surface area (TPSA) is 35.8 Å². The Hall–Kier alpha value is -0.600. The summed E-state index contributed by atoms with van der Waals surface area (Å²) in [4.78, 5) is 0. The Labute approximate surface area is 79.7 Å². The molecule has 0 bridgehead atoms. The standard InChI is InChI=1S/C8H7IN2/c9-11-6-8-3-1-2-7(4-8)5-10/h1-4,11H,6H2. The lowest BCUT2D eigenvalue weighted by atomic mass is 10.1. The molecule has 0 aliphatic heterocycles. The number of halogens is 1. The van der Waals surface area contributed by atoms with Crippen LogP contribution in [0, 0.1) is 11.3 Å². The molecular formula is C8H7IN2. The van der Waals surface area contributed by atoms with E-state index in [1.807, 2.05) is 18.2 Å². The predicted octanol–water partition coefficient (Wildman–Crippen LogP) is 2.00. The fourth-order valence-corrected chi connectivity index (χ4v) is 1.27. The molecule has 1 aromatic carbocycles. The van der Waals surface area contributed by atoms with Gasteiger partial charge in [0.2, 0.25) is 0 Å². The summed E-state index contributed by atoms with van der Waals surface area (Å²) in [6, 6.07) is 9.66. The molecule has 0 saturated heterocycles. The normalized spacial score (nSPS) is 9.09. The van der Waals surface area contributed by atoms with Crippen molar-refractivity contribution in [1.82, 2.24) is 3.53 Å². The zero-order chi connectivity index (χ0) is 8.10. The van der Waals surface area contributed by atoms with Crippen molar-refractivity contribution in [2.45, 2.75) is 6.54 Å². The summed E-state index contributed by atoms with van der Waals surface area (Å²) in [7, 11) is 0. The summed E-state index contributed by atoms with van der Waals surface area (Å²) >= 11 is 2.08. The fourth-order valence-electron chi connectivity index (χ4n) is 0.828. The van der Waals surface area contributed by atoms with Crippen molar-refractivity contribution in [2.24, 2.45) is 0 Å². The van der Waals surface area contributed by atoms with Gasteiger partial charge < -0.3 is 0 Å². The van der Waals surface area contributed by atoms with Crippen LogP contribution in [0.2, 0.25) is 0 Å². The van der Waals surface area contributed by atoms with E-state index in [2.05, 4.69) is 32.5 Å². The van der Waals surface area contributed by atoms with Gasteiger partial charge >= 0.3 is 0 Å². The molecule has 1 N–H and O–H groups in total. The Kier molecular flexibility index (Phi) is 3.33. The molecule has 11 heavy (non-hydrogen) atoms. The van der Waals surface area contributed by atoms with Gasteiger partial charge in [0.1, 0.15) is 0 Å². The van der Waals surface area contributed by atoms with Crippen molar-refractivity contribution in [1.29, 1.82) is 5.26 Å². The van der Waals surface area contributed by atoms with Crippen LogP contribution in [-0.2, 0) is 6.54 Å². The number of hydrogen-bond donors (Lipinski definition) is 1. The summed E-state index contributed by atoms with van der Waals surface area (Å²) in [6.45, 7) is 0.802. The van der Waals surface area contributed by atoms with Gasteiger partial charge in [-0.2, -0.15) is 5.26 Å². The average Bonchev–Trinajstić information content (AvgIpc) is 2.06. The maximum absolute atomic E-state index is 8.56. The van der Waals surface area contributed by atoms with E-state index in [-0.39, 0.29) is 0 Å². The van der Waals surface area contributed by atoms with Gasteiger partial charge in [0.05, 0.1) is 11.6 Å². The first kappa shape index (κ1) is 8.50. The van der Waals surface area contributed by atoms with Crippen molar-refractivity contribution in [2.75, 3.05) is 0 Å². The third-order valence-electron chi connectivity index (χ3n) is 1.33. The van der Waals surface area contributed by atoms with Gasteiger partial charge in [-0.05, 0) is 17.7 Å². The summed E-state index contributed by atoms with van der Waals surface area (Å²) in [5, 5.41) is 8.56. The maximum atomic E-state index is 8.56. The molecule has 0 radical (unpaired) electrons. The molecule has 2 nitrogen and oxygen atoms in total. The maximum Gasteiger partial charge on any atom is 0.0991 e. The van der Waals surface area contributed by atoms with Gasteiger partial charge in [-0.3, -0.25) is 3.53 Å². The second-order valence-electron chi connectivity index (χ2n) is 2.12. The Balaban J connectivity index is 2.85. The molecule has 0 unspecified atom stereocenters. The molecule has 0 amide bonds. The van der Waals surface area contributed by atoms with Crippen molar-refractivity contribution in [3.8, 4) is 6.07 Å². The molecular weight excluding hydrogens is 251 g/mol. The molecule has 0 spiro atoms. The summed E-state index contributed by atoms with van der Waals surface area (Å²) in [5.74, 6) is 0. The van der Waals surface area contributed by atoms with Gasteiger partial charge in [-0.25, -0.2) is 0 Å². The highest BCUT2D eigenvalue weighted by atomic mass is 127. The lowest BCUT2D eigenvalue weighted by Crippen LogP contribution is -1.96. The van der Waals surface area contributed by atoms with Crippen LogP contribution in [0.5, 0.6) is 0 Å². The van der Waals surface area contributed by atoms with Crippen molar-refractivity contribution >= 4 is 22.9 Å². The van der Waals surface area contributed by atoms with Crippen LogP contribution in [0.1, 0.15) is 11.1 Å². The quantitative estimate of drug-likeness (QED) is 0.650. The number of nitrogens with one attached hydrogen (secondary N) is 1. The third kappa shape index (κ3) is 2.48. The minimum atomic E-state index is 0.717. The number of nitriles is 1. The van der Waals surface area contributed by atoms with E-state index in [0.29, 0.717) is 5.56 Å². The largest absolute Gasteiger partial charge is 0.257 e. The predicted molar refractivity (Wildman–Crippen MR) is 52.0 cm³/mol. The molecule has 3 heteroatoms. The first-order valence-electron chi connectivity index (χ1n) is 3.19. The monoisotopic (exact) mass is 258 g/mol. The summed E-state index contributed by atoms with van der Waals surface area (Å²) < 4.78 is 3.00. The summed E-state index contributed by atoms with van der Waals surface area (Å²) in [6.07, 6.45) is 0. The number of nitrogens with zero attached hydrogens (tertiary/aromatic N) is 1. The summed E-state index contributed by atoms with van der Waals surface area (Å²) in [5.41, 5.74) is 1.85. The van der Waals surface area contributed by atoms with Crippen LogP contribution in [-0.4, -0.2) is 0 Å². The lowest BCUT2D eigenvalue weighted by Gasteiger charge is -1.97. The molecule has 0 saturated carbocycles. The SMILES string of the molecule is N#Cc1cccc(CNI)c1. The molecule has 0 atom stereocenters. The Morgan fingerprint density at radius 2 is 2.36 bits per heavy atom. The molecule has 0 aromatic heterocycles. The lowest BCUT2D eigenvalue weighted by molar-refractivity contribution is 1.01. The van der Waals surface area contributed by atoms with Crippen LogP contribution in [0.4, 0.5) is 0 Å². The second-order valence-corrected chi connectivity index (χ2v) is 2.89. The van der Waals surface area contributed by atoms with Gasteiger partial charge in [0.25, 0.3) is 0 Å². The van der Waals surface area contributed by atoms with Gasteiger partial charge in [-0.15, -0.1) is 0 Å². The van der Waals surface area contributed by atoms with Gasteiger partial charge in [0, 0.05) is 29.4 Å². The third-order valence-corrected chi connectivity index (χ3v) is 1.71. The average molecular weight is 258 g/mol. The van der Waals surface area contributed by atoms with E-state index >= 15 is 0 Å². The van der Waals surface area contributed by atoms with Crippen LogP contribution >= 0.6 is 22.9 Å². The fraction of sp³-hybridized carbons (Fsp3) is 0.125. The van der Waals surface area contributed by atoms with Crippen molar-refractivity contribution < 1.29 is 0 Å². The zero-order valence-corrected chi connectivity index (χ0v) is 8.00. The van der Waals surface area contributed by atoms with E-state index in [9.17, 15) is 0 Å². The Morgan fingerprint density at radius 1 is 1.55 bits per heavy atom. The van der Waals surface area contributed by atoms with E-state index in [1.54, 1.807) is 6.07 Å². The van der Waals surface area contributed by atoms with Crippen LogP contribution < -0.4 is 3.53 Å². The first-order chi connectivity index (χ1) is 5.36. The van der Waals surface area contributed by atoms with Crippen molar-refractivity contribution in [3.05, 3.63) is 35.4 Å². The van der Waals surface area contributed by atoms with Crippen molar-refractivity contribution in [3.63, 3.8) is 0 Å². The Bertz CT molecular complexity index is 278. The van der Waals surface area contributed by atoms with E-state index in [0.717, 1.165) is 12.1 Å². The Morgan fingerprint density at radius 3 is 3.00 bits per heavy atom. The van der Waals surface area contributed by atoms with Crippen LogP contribution in [0.15, 0.2) is 24.3 Å². The highest BCUT2D eigenvalue weighted by molar-refractivity contribution is 14.1. The molecule has 0 fully saturated rings. The zero-order valence-electron chi connectivity index (χ0n) is 5.84. The molecule has 1 rings (SSSR count). The van der Waals surface area contributed by atoms with Gasteiger partial charge in [0.15, 0.2) is 0 Å². The van der Waals surface area contributed by atoms with Crippen LogP contribution in [0.3, 0.4) is 0 Å². The minimum Gasteiger partial charge on any atom is -0.257 e. The molecule has 0 aliphatic carbocycles. The molecule has 0 heterocycles. The molecule has 1 aromatic rings. The number of benzene rings is 1. The van der Waals surface area contributed by atoms with Crippen LogP contribution in [0.25, 0.3) is 0 Å². The van der Waals surface area contributed by atoms with E-state index in [1.165, 1.54) is 0 Å². The van der Waals surface area contributed by atoms with E-state index < -0.39 is 0 Å². The number of hydrogen-bond acceptors (Lipinski definition) is 2. The highest BCUT2D eigenvalue weighted by Crippen LogP contribution is 2.03. The minimum absolute atomic E-state index is 0.717. The smallest absolute Gasteiger partial charge is 0.0991 e. The second kappa shape index (κ2) is 4.31. The first-order valence-corrected chi connectivity index (χ1v) is 4.27. The van der Waals surface area contributed by atoms with E-state index in [4.69, 9.17) is 5.26 Å².